The first-order valence-electron chi connectivity index (χ1n) is 6.11. The number of nitro benzene ring substituents is 1. The van der Waals surface area contributed by atoms with Crippen LogP contribution in [0, 0.1) is 22.9 Å². The van der Waals surface area contributed by atoms with Gasteiger partial charge < -0.3 is 0 Å². The average molecular weight is 338 g/mol. The zero-order valence-corrected chi connectivity index (χ0v) is 12.4. The first-order chi connectivity index (χ1) is 9.49. The molecule has 104 valence electrons. The van der Waals surface area contributed by atoms with Gasteiger partial charge in [-0.05, 0) is 25.0 Å². The average Bonchev–Trinajstić information content (AvgIpc) is 2.38. The van der Waals surface area contributed by atoms with Gasteiger partial charge in [-0.1, -0.05) is 46.3 Å². The number of rotatable bonds is 4. The summed E-state index contributed by atoms with van der Waals surface area (Å²) < 4.78 is 13.9. The molecule has 5 heteroatoms. The largest absolute Gasteiger partial charge is 0.272 e. The van der Waals surface area contributed by atoms with E-state index >= 15 is 0 Å². The third-order valence-electron chi connectivity index (χ3n) is 3.08. The van der Waals surface area contributed by atoms with Crippen molar-refractivity contribution in [2.75, 3.05) is 0 Å². The van der Waals surface area contributed by atoms with E-state index in [0.29, 0.717) is 17.5 Å². The Balaban J connectivity index is 2.28. The number of alkyl halides is 1. The maximum absolute atomic E-state index is 13.9. The van der Waals surface area contributed by atoms with Crippen molar-refractivity contribution in [1.82, 2.24) is 0 Å². The van der Waals surface area contributed by atoms with E-state index < -0.39 is 4.92 Å². The van der Waals surface area contributed by atoms with Gasteiger partial charge in [-0.2, -0.15) is 0 Å². The molecule has 0 heterocycles. The van der Waals surface area contributed by atoms with Gasteiger partial charge in [0.05, 0.1) is 4.92 Å². The molecule has 1 unspecified atom stereocenters. The van der Waals surface area contributed by atoms with E-state index in [4.69, 9.17) is 0 Å². The summed E-state index contributed by atoms with van der Waals surface area (Å²) in [5.41, 5.74) is 1.99. The minimum absolute atomic E-state index is 0.0597. The molecule has 0 saturated carbocycles. The van der Waals surface area contributed by atoms with Gasteiger partial charge in [0.25, 0.3) is 5.69 Å². The van der Waals surface area contributed by atoms with Crippen molar-refractivity contribution in [2.24, 2.45) is 0 Å². The Bertz CT molecular complexity index is 646. The van der Waals surface area contributed by atoms with Crippen molar-refractivity contribution >= 4 is 21.6 Å². The van der Waals surface area contributed by atoms with Gasteiger partial charge in [0.1, 0.15) is 5.82 Å². The standard InChI is InChI=1S/C15H13BrFNO2/c1-10-6-7-12(14(17)8-10)13(16)9-11-4-2-3-5-15(11)18(19)20/h2-8,13H,9H2,1H3. The van der Waals surface area contributed by atoms with E-state index in [9.17, 15) is 14.5 Å². The van der Waals surface area contributed by atoms with Crippen molar-refractivity contribution < 1.29 is 9.31 Å². The second-order valence-corrected chi connectivity index (χ2v) is 5.69. The number of nitrogens with zero attached hydrogens (tertiary/aromatic N) is 1. The molecule has 0 aliphatic carbocycles. The summed E-state index contributed by atoms with van der Waals surface area (Å²) in [4.78, 5) is 10.2. The van der Waals surface area contributed by atoms with Crippen LogP contribution in [-0.4, -0.2) is 4.92 Å². The summed E-state index contributed by atoms with van der Waals surface area (Å²) in [5, 5.41) is 11.0. The fourth-order valence-electron chi connectivity index (χ4n) is 2.05. The monoisotopic (exact) mass is 337 g/mol. The number of nitro groups is 1. The Kier molecular flexibility index (Phi) is 4.49. The van der Waals surface area contributed by atoms with Crippen LogP contribution in [0.3, 0.4) is 0 Å². The second-order valence-electron chi connectivity index (χ2n) is 4.58. The molecule has 0 amide bonds. The highest BCUT2D eigenvalue weighted by molar-refractivity contribution is 9.09. The molecule has 20 heavy (non-hydrogen) atoms. The van der Waals surface area contributed by atoms with E-state index in [1.807, 2.05) is 13.0 Å². The third-order valence-corrected chi connectivity index (χ3v) is 3.90. The summed E-state index contributed by atoms with van der Waals surface area (Å²) in [5.74, 6) is -0.301. The molecule has 1 atom stereocenters. The zero-order valence-electron chi connectivity index (χ0n) is 10.8. The molecule has 0 aliphatic heterocycles. The highest BCUT2D eigenvalue weighted by atomic mass is 79.9. The number of para-hydroxylation sites is 1. The zero-order chi connectivity index (χ0) is 14.7. The van der Waals surface area contributed by atoms with Gasteiger partial charge in [0, 0.05) is 22.0 Å². The Hall–Kier alpha value is -1.75. The molecule has 2 aromatic carbocycles. The number of halogens is 2. The number of hydrogen-bond donors (Lipinski definition) is 0. The first kappa shape index (κ1) is 14.7. The van der Waals surface area contributed by atoms with Crippen LogP contribution >= 0.6 is 15.9 Å². The smallest absolute Gasteiger partial charge is 0.258 e. The molecule has 2 rings (SSSR count). The summed E-state index contributed by atoms with van der Waals surface area (Å²) in [6.07, 6.45) is 0.358. The van der Waals surface area contributed by atoms with Crippen LogP contribution in [0.2, 0.25) is 0 Å². The number of aryl methyl sites for hydroxylation is 1. The van der Waals surface area contributed by atoms with Crippen LogP contribution in [0.15, 0.2) is 42.5 Å². The van der Waals surface area contributed by atoms with Crippen LogP contribution < -0.4 is 0 Å². The van der Waals surface area contributed by atoms with Crippen molar-refractivity contribution in [3.05, 3.63) is 75.1 Å². The molecule has 0 N–H and O–H groups in total. The molecule has 0 radical (unpaired) electrons. The van der Waals surface area contributed by atoms with Gasteiger partial charge in [0.15, 0.2) is 0 Å². The van der Waals surface area contributed by atoms with E-state index in [0.717, 1.165) is 5.56 Å². The lowest BCUT2D eigenvalue weighted by Crippen LogP contribution is -2.02. The molecule has 0 bridgehead atoms. The van der Waals surface area contributed by atoms with Gasteiger partial charge in [-0.3, -0.25) is 10.1 Å². The van der Waals surface area contributed by atoms with Crippen molar-refractivity contribution in [3.63, 3.8) is 0 Å². The van der Waals surface area contributed by atoms with E-state index in [1.165, 1.54) is 12.1 Å². The minimum Gasteiger partial charge on any atom is -0.258 e. The quantitative estimate of drug-likeness (QED) is 0.460. The molecule has 0 spiro atoms. The van der Waals surface area contributed by atoms with Crippen LogP contribution in [0.25, 0.3) is 0 Å². The lowest BCUT2D eigenvalue weighted by molar-refractivity contribution is -0.385. The van der Waals surface area contributed by atoms with Gasteiger partial charge >= 0.3 is 0 Å². The van der Waals surface area contributed by atoms with Gasteiger partial charge in [0.2, 0.25) is 0 Å². The topological polar surface area (TPSA) is 43.1 Å². The molecule has 0 aromatic heterocycles. The molecular formula is C15H13BrFNO2. The number of hydrogen-bond acceptors (Lipinski definition) is 2. The molecule has 0 saturated heterocycles. The Morgan fingerprint density at radius 3 is 2.65 bits per heavy atom. The van der Waals surface area contributed by atoms with Gasteiger partial charge in [-0.25, -0.2) is 4.39 Å². The fourth-order valence-corrected chi connectivity index (χ4v) is 2.77. The minimum atomic E-state index is -0.416. The van der Waals surface area contributed by atoms with E-state index in [-0.39, 0.29) is 16.3 Å². The van der Waals surface area contributed by atoms with E-state index in [2.05, 4.69) is 15.9 Å². The first-order valence-corrected chi connectivity index (χ1v) is 7.03. The summed E-state index contributed by atoms with van der Waals surface area (Å²) in [6.45, 7) is 1.82. The van der Waals surface area contributed by atoms with Gasteiger partial charge in [-0.15, -0.1) is 0 Å². The molecular weight excluding hydrogens is 325 g/mol. The SMILES string of the molecule is Cc1ccc(C(Br)Cc2ccccc2[N+](=O)[O-])c(F)c1. The molecule has 3 nitrogen and oxygen atoms in total. The lowest BCUT2D eigenvalue weighted by Gasteiger charge is -2.12. The fraction of sp³-hybridized carbons (Fsp3) is 0.200. The highest BCUT2D eigenvalue weighted by Crippen LogP contribution is 2.32. The molecule has 0 fully saturated rings. The van der Waals surface area contributed by atoms with Crippen molar-refractivity contribution in [1.29, 1.82) is 0 Å². The third kappa shape index (κ3) is 3.22. The maximum atomic E-state index is 13.9. The Labute approximate surface area is 124 Å². The molecule has 0 aliphatic rings. The van der Waals surface area contributed by atoms with Crippen LogP contribution in [0.1, 0.15) is 21.5 Å². The van der Waals surface area contributed by atoms with Crippen LogP contribution in [0.5, 0.6) is 0 Å². The van der Waals surface area contributed by atoms with Crippen molar-refractivity contribution in [3.8, 4) is 0 Å². The maximum Gasteiger partial charge on any atom is 0.272 e. The normalized spacial score (nSPS) is 12.2. The molecule has 2 aromatic rings. The lowest BCUT2D eigenvalue weighted by atomic mass is 10.0. The Morgan fingerprint density at radius 2 is 2.00 bits per heavy atom. The highest BCUT2D eigenvalue weighted by Gasteiger charge is 2.19. The van der Waals surface area contributed by atoms with Crippen LogP contribution in [-0.2, 0) is 6.42 Å². The predicted molar refractivity (Wildman–Crippen MR) is 79.6 cm³/mol. The predicted octanol–water partition coefficient (Wildman–Crippen LogP) is 4.72. The summed E-state index contributed by atoms with van der Waals surface area (Å²) in [7, 11) is 0. The summed E-state index contributed by atoms with van der Waals surface area (Å²) in [6, 6.07) is 11.5. The summed E-state index contributed by atoms with van der Waals surface area (Å²) >= 11 is 3.42. The second kappa shape index (κ2) is 6.13. The number of benzene rings is 2. The van der Waals surface area contributed by atoms with E-state index in [1.54, 1.807) is 24.3 Å². The Morgan fingerprint density at radius 1 is 1.30 bits per heavy atom. The van der Waals surface area contributed by atoms with Crippen LogP contribution in [0.4, 0.5) is 10.1 Å². The van der Waals surface area contributed by atoms with Crippen molar-refractivity contribution in [2.45, 2.75) is 18.2 Å².